The van der Waals surface area contributed by atoms with Crippen LogP contribution in [0.2, 0.25) is 0 Å². The van der Waals surface area contributed by atoms with Crippen LogP contribution < -0.4 is 11.1 Å². The van der Waals surface area contributed by atoms with Crippen molar-refractivity contribution in [3.63, 3.8) is 0 Å². The van der Waals surface area contributed by atoms with Crippen molar-refractivity contribution >= 4 is 11.9 Å². The zero-order chi connectivity index (χ0) is 20.2. The topological polar surface area (TPSA) is 84.7 Å². The predicted molar refractivity (Wildman–Crippen MR) is 88.0 cm³/mol. The van der Waals surface area contributed by atoms with E-state index in [1.807, 2.05) is 0 Å². The molecule has 10 heteroatoms. The zero-order valence-corrected chi connectivity index (χ0v) is 14.7. The molecule has 1 aliphatic rings. The van der Waals surface area contributed by atoms with Gasteiger partial charge in [0.05, 0.1) is 18.2 Å². The van der Waals surface area contributed by atoms with Gasteiger partial charge in [-0.25, -0.2) is 9.18 Å². The van der Waals surface area contributed by atoms with Crippen LogP contribution in [0.5, 0.6) is 0 Å². The number of primary amides is 1. The van der Waals surface area contributed by atoms with Gasteiger partial charge >= 0.3 is 12.2 Å². The minimum absolute atomic E-state index is 0.159. The summed E-state index contributed by atoms with van der Waals surface area (Å²) >= 11 is 0. The van der Waals surface area contributed by atoms with Crippen molar-refractivity contribution in [1.82, 2.24) is 10.2 Å². The van der Waals surface area contributed by atoms with E-state index in [0.29, 0.717) is 31.6 Å². The van der Waals surface area contributed by atoms with Gasteiger partial charge in [0.25, 0.3) is 0 Å². The second-order valence-corrected chi connectivity index (χ2v) is 6.22. The highest BCUT2D eigenvalue weighted by molar-refractivity contribution is 5.87. The van der Waals surface area contributed by atoms with Crippen LogP contribution in [0, 0.1) is 5.82 Å². The van der Waals surface area contributed by atoms with Gasteiger partial charge in [0.1, 0.15) is 11.9 Å². The number of likely N-dealkylation sites (tertiary alicyclic amines) is 1. The fourth-order valence-corrected chi connectivity index (χ4v) is 3.01. The molecule has 1 heterocycles. The lowest BCUT2D eigenvalue weighted by Crippen LogP contribution is -2.57. The molecule has 1 aliphatic heterocycles. The first-order valence-corrected chi connectivity index (χ1v) is 8.43. The quantitative estimate of drug-likeness (QED) is 0.731. The average molecular weight is 391 g/mol. The van der Waals surface area contributed by atoms with Crippen LogP contribution >= 0.6 is 0 Å². The van der Waals surface area contributed by atoms with E-state index in [1.54, 1.807) is 6.92 Å². The number of urea groups is 1. The maximum Gasteiger partial charge on any atom is 0.416 e. The number of rotatable bonds is 6. The summed E-state index contributed by atoms with van der Waals surface area (Å²) in [4.78, 5) is 25.0. The van der Waals surface area contributed by atoms with E-state index in [1.165, 1.54) is 4.90 Å². The molecule has 1 saturated heterocycles. The predicted octanol–water partition coefficient (Wildman–Crippen LogP) is 2.41. The fourth-order valence-electron chi connectivity index (χ4n) is 3.01. The highest BCUT2D eigenvalue weighted by Crippen LogP contribution is 2.31. The summed E-state index contributed by atoms with van der Waals surface area (Å²) < 4.78 is 58.2. The Morgan fingerprint density at radius 3 is 2.67 bits per heavy atom. The number of hydrogen-bond acceptors (Lipinski definition) is 3. The largest absolute Gasteiger partial charge is 0.416 e. The van der Waals surface area contributed by atoms with Crippen molar-refractivity contribution in [2.75, 3.05) is 13.2 Å². The summed E-state index contributed by atoms with van der Waals surface area (Å²) in [5.74, 6) is -1.39. The lowest BCUT2D eigenvalue weighted by Gasteiger charge is -2.39. The van der Waals surface area contributed by atoms with Crippen LogP contribution in [0.4, 0.5) is 22.4 Å². The number of ether oxygens (including phenoxy) is 1. The Hall–Kier alpha value is -2.36. The van der Waals surface area contributed by atoms with Crippen LogP contribution in [0.15, 0.2) is 18.2 Å². The van der Waals surface area contributed by atoms with Crippen molar-refractivity contribution in [2.24, 2.45) is 5.73 Å². The van der Waals surface area contributed by atoms with E-state index in [9.17, 15) is 27.2 Å². The molecule has 1 aromatic rings. The Morgan fingerprint density at radius 1 is 1.37 bits per heavy atom. The van der Waals surface area contributed by atoms with Gasteiger partial charge in [-0.2, -0.15) is 13.2 Å². The smallest absolute Gasteiger partial charge is 0.380 e. The monoisotopic (exact) mass is 391 g/mol. The number of halogens is 4. The molecule has 0 saturated carbocycles. The van der Waals surface area contributed by atoms with Gasteiger partial charge in [-0.15, -0.1) is 0 Å². The Bertz CT molecular complexity index is 696. The molecule has 2 atom stereocenters. The molecule has 2 rings (SSSR count). The Kier molecular flexibility index (Phi) is 6.63. The van der Waals surface area contributed by atoms with Crippen LogP contribution in [0.1, 0.15) is 30.9 Å². The van der Waals surface area contributed by atoms with Crippen LogP contribution in [-0.4, -0.2) is 42.1 Å². The van der Waals surface area contributed by atoms with Crippen molar-refractivity contribution in [1.29, 1.82) is 0 Å². The highest BCUT2D eigenvalue weighted by Gasteiger charge is 2.37. The number of benzene rings is 1. The summed E-state index contributed by atoms with van der Waals surface area (Å²) in [7, 11) is 0. The summed E-state index contributed by atoms with van der Waals surface area (Å²) in [6.45, 7) is 1.94. The van der Waals surface area contributed by atoms with Crippen molar-refractivity contribution in [2.45, 2.75) is 44.6 Å². The molecule has 6 nitrogen and oxygen atoms in total. The van der Waals surface area contributed by atoms with Gasteiger partial charge in [-0.1, -0.05) is 0 Å². The third kappa shape index (κ3) is 5.31. The number of amides is 3. The molecule has 1 aromatic carbocycles. The molecule has 150 valence electrons. The summed E-state index contributed by atoms with van der Waals surface area (Å²) in [5.41, 5.74) is 3.79. The van der Waals surface area contributed by atoms with E-state index in [0.717, 1.165) is 6.07 Å². The van der Waals surface area contributed by atoms with Gasteiger partial charge in [-0.05, 0) is 38.0 Å². The van der Waals surface area contributed by atoms with E-state index >= 15 is 0 Å². The Morgan fingerprint density at radius 2 is 2.07 bits per heavy atom. The average Bonchev–Trinajstić information content (AvgIpc) is 2.58. The standard InChI is InChI=1S/C17H21F4N3O3/c1-2-27-9-12-4-6-14(23-16(22)26)15(25)24(12)8-10-7-11(17(19,20)21)3-5-13(10)18/h3,5,7,12,14H,2,4,6,8-9H2,1H3,(H3,22,23,26)/t12-,14+/m0/s1. The fraction of sp³-hybridized carbons (Fsp3) is 0.529. The van der Waals surface area contributed by atoms with Gasteiger partial charge < -0.3 is 20.7 Å². The number of nitrogens with two attached hydrogens (primary N) is 1. The number of hydrogen-bond donors (Lipinski definition) is 2. The molecular weight excluding hydrogens is 370 g/mol. The molecule has 0 aliphatic carbocycles. The van der Waals surface area contributed by atoms with Crippen LogP contribution in [0.25, 0.3) is 0 Å². The van der Waals surface area contributed by atoms with E-state index in [4.69, 9.17) is 10.5 Å². The summed E-state index contributed by atoms with van der Waals surface area (Å²) in [6.07, 6.45) is -3.90. The molecule has 3 N–H and O–H groups in total. The third-order valence-electron chi connectivity index (χ3n) is 4.36. The van der Waals surface area contributed by atoms with E-state index in [-0.39, 0.29) is 18.7 Å². The van der Waals surface area contributed by atoms with Crippen LogP contribution in [0.3, 0.4) is 0 Å². The normalized spacial score (nSPS) is 20.6. The highest BCUT2D eigenvalue weighted by atomic mass is 19.4. The van der Waals surface area contributed by atoms with E-state index in [2.05, 4.69) is 5.32 Å². The molecule has 0 unspecified atom stereocenters. The molecule has 0 spiro atoms. The number of alkyl halides is 3. The van der Waals surface area contributed by atoms with E-state index < -0.39 is 41.6 Å². The van der Waals surface area contributed by atoms with Crippen molar-refractivity contribution < 1.29 is 31.9 Å². The van der Waals surface area contributed by atoms with Crippen LogP contribution in [-0.2, 0) is 22.3 Å². The SMILES string of the molecule is CCOC[C@@H]1CC[C@@H](NC(N)=O)C(=O)N1Cc1cc(C(F)(F)F)ccc1F. The molecule has 1 fully saturated rings. The minimum Gasteiger partial charge on any atom is -0.380 e. The second-order valence-electron chi connectivity index (χ2n) is 6.22. The molecule has 27 heavy (non-hydrogen) atoms. The summed E-state index contributed by atoms with van der Waals surface area (Å²) in [5, 5.41) is 2.31. The summed E-state index contributed by atoms with van der Waals surface area (Å²) in [6, 6.07) is -0.186. The molecule has 0 bridgehead atoms. The Labute approximate surface area is 153 Å². The lowest BCUT2D eigenvalue weighted by molar-refractivity contribution is -0.141. The number of nitrogens with one attached hydrogen (secondary N) is 1. The Balaban J connectivity index is 2.29. The zero-order valence-electron chi connectivity index (χ0n) is 14.7. The number of piperidine rings is 1. The lowest BCUT2D eigenvalue weighted by atomic mass is 9.96. The number of nitrogens with zero attached hydrogens (tertiary/aromatic N) is 1. The minimum atomic E-state index is -4.63. The maximum atomic E-state index is 14.1. The van der Waals surface area contributed by atoms with Crippen molar-refractivity contribution in [3.05, 3.63) is 35.1 Å². The third-order valence-corrected chi connectivity index (χ3v) is 4.36. The van der Waals surface area contributed by atoms with Gasteiger partial charge in [-0.3, -0.25) is 4.79 Å². The second kappa shape index (κ2) is 8.55. The molecule has 0 radical (unpaired) electrons. The molecule has 3 amide bonds. The number of carbonyl (C=O) groups excluding carboxylic acids is 2. The maximum absolute atomic E-state index is 14.1. The van der Waals surface area contributed by atoms with Gasteiger partial charge in [0, 0.05) is 18.7 Å². The number of carbonyl (C=O) groups is 2. The first kappa shape index (κ1) is 20.9. The van der Waals surface area contributed by atoms with Gasteiger partial charge in [0.2, 0.25) is 5.91 Å². The molecular formula is C17H21F4N3O3. The first-order chi connectivity index (χ1) is 12.6. The molecule has 0 aromatic heterocycles. The first-order valence-electron chi connectivity index (χ1n) is 8.43. The van der Waals surface area contributed by atoms with Gasteiger partial charge in [0.15, 0.2) is 0 Å². The van der Waals surface area contributed by atoms with Crippen molar-refractivity contribution in [3.8, 4) is 0 Å².